The molecule has 0 spiro atoms. The second-order valence-corrected chi connectivity index (χ2v) is 7.18. The number of hydrogen-bond acceptors (Lipinski definition) is 3. The minimum atomic E-state index is -0.553. The highest BCUT2D eigenvalue weighted by atomic mass is 16.6. The molecular weight excluding hydrogens is 254 g/mol. The van der Waals surface area contributed by atoms with Crippen molar-refractivity contribution in [2.75, 3.05) is 0 Å². The molecule has 1 saturated carbocycles. The Kier molecular flexibility index (Phi) is 6.03. The molecule has 116 valence electrons. The van der Waals surface area contributed by atoms with Gasteiger partial charge in [-0.3, -0.25) is 4.79 Å². The third-order valence-corrected chi connectivity index (χ3v) is 3.59. The van der Waals surface area contributed by atoms with Gasteiger partial charge in [0.1, 0.15) is 11.6 Å². The molecule has 1 aliphatic carbocycles. The highest BCUT2D eigenvalue weighted by molar-refractivity contribution is 5.84. The summed E-state index contributed by atoms with van der Waals surface area (Å²) in [5, 5.41) is 2.85. The van der Waals surface area contributed by atoms with Gasteiger partial charge in [0.25, 0.3) is 0 Å². The lowest BCUT2D eigenvalue weighted by molar-refractivity contribution is -0.160. The van der Waals surface area contributed by atoms with Crippen molar-refractivity contribution in [1.82, 2.24) is 5.32 Å². The zero-order chi connectivity index (χ0) is 15.3. The van der Waals surface area contributed by atoms with Gasteiger partial charge in [0.05, 0.1) is 0 Å². The van der Waals surface area contributed by atoms with Crippen LogP contribution in [0.5, 0.6) is 0 Å². The van der Waals surface area contributed by atoms with E-state index in [1.54, 1.807) is 0 Å². The summed E-state index contributed by atoms with van der Waals surface area (Å²) in [7, 11) is 0. The number of rotatable bonds is 5. The molecule has 1 amide bonds. The molecule has 0 saturated heterocycles. The molecule has 0 heterocycles. The molecule has 0 aliphatic heterocycles. The molecule has 0 unspecified atom stereocenters. The molecule has 1 aliphatic rings. The van der Waals surface area contributed by atoms with Crippen molar-refractivity contribution in [2.45, 2.75) is 78.4 Å². The fraction of sp³-hybridized carbons (Fsp3) is 0.875. The Morgan fingerprint density at radius 1 is 1.20 bits per heavy atom. The molecule has 0 aromatic heterocycles. The maximum atomic E-state index is 12.1. The molecular formula is C16H29NO3. The minimum Gasteiger partial charge on any atom is -0.458 e. The standard InChI is InChI=1S/C16H29NO3/c1-11(2)14(15(19)20-16(3,4)5)17-13(18)10-12-8-6-7-9-12/h11-12,14H,6-10H2,1-5H3,(H,17,18)/t14-/m0/s1. The van der Waals surface area contributed by atoms with Crippen LogP contribution in [0.25, 0.3) is 0 Å². The van der Waals surface area contributed by atoms with Crippen LogP contribution in [0.3, 0.4) is 0 Å². The average Bonchev–Trinajstić information content (AvgIpc) is 2.75. The fourth-order valence-corrected chi connectivity index (χ4v) is 2.57. The molecule has 20 heavy (non-hydrogen) atoms. The summed E-state index contributed by atoms with van der Waals surface area (Å²) in [6, 6.07) is -0.553. The van der Waals surface area contributed by atoms with Crippen LogP contribution >= 0.6 is 0 Å². The van der Waals surface area contributed by atoms with Crippen LogP contribution < -0.4 is 5.32 Å². The Morgan fingerprint density at radius 3 is 2.20 bits per heavy atom. The summed E-state index contributed by atoms with van der Waals surface area (Å²) in [6.07, 6.45) is 5.24. The number of hydrogen-bond donors (Lipinski definition) is 1. The van der Waals surface area contributed by atoms with E-state index in [1.807, 2.05) is 34.6 Å². The lowest BCUT2D eigenvalue weighted by atomic mass is 10.0. The van der Waals surface area contributed by atoms with E-state index < -0.39 is 11.6 Å². The number of esters is 1. The first-order chi connectivity index (χ1) is 9.19. The van der Waals surface area contributed by atoms with Crippen LogP contribution in [0.2, 0.25) is 0 Å². The molecule has 1 atom stereocenters. The van der Waals surface area contributed by atoms with E-state index in [-0.39, 0.29) is 17.8 Å². The van der Waals surface area contributed by atoms with Gasteiger partial charge in [-0.1, -0.05) is 26.7 Å². The van der Waals surface area contributed by atoms with Gasteiger partial charge in [-0.05, 0) is 45.4 Å². The Hall–Kier alpha value is -1.06. The van der Waals surface area contributed by atoms with Gasteiger partial charge >= 0.3 is 5.97 Å². The third-order valence-electron chi connectivity index (χ3n) is 3.59. The molecule has 0 bridgehead atoms. The summed E-state index contributed by atoms with van der Waals surface area (Å²) < 4.78 is 5.38. The highest BCUT2D eigenvalue weighted by Crippen LogP contribution is 2.27. The van der Waals surface area contributed by atoms with Crippen LogP contribution in [-0.2, 0) is 14.3 Å². The SMILES string of the molecule is CC(C)[C@H](NC(=O)CC1CCCC1)C(=O)OC(C)(C)C. The Balaban J connectivity index is 2.53. The number of carbonyl (C=O) groups excluding carboxylic acids is 2. The minimum absolute atomic E-state index is 0.0254. The van der Waals surface area contributed by atoms with Crippen molar-refractivity contribution in [3.8, 4) is 0 Å². The van der Waals surface area contributed by atoms with Crippen molar-refractivity contribution in [3.05, 3.63) is 0 Å². The number of carbonyl (C=O) groups is 2. The van der Waals surface area contributed by atoms with Gasteiger partial charge in [-0.25, -0.2) is 4.79 Å². The van der Waals surface area contributed by atoms with E-state index in [1.165, 1.54) is 12.8 Å². The zero-order valence-electron chi connectivity index (χ0n) is 13.5. The van der Waals surface area contributed by atoms with Crippen LogP contribution in [0.1, 0.15) is 66.7 Å². The van der Waals surface area contributed by atoms with Crippen molar-refractivity contribution in [3.63, 3.8) is 0 Å². The molecule has 1 N–H and O–H groups in total. The first-order valence-electron chi connectivity index (χ1n) is 7.71. The van der Waals surface area contributed by atoms with Gasteiger partial charge in [0, 0.05) is 6.42 Å². The monoisotopic (exact) mass is 283 g/mol. The molecule has 1 fully saturated rings. The van der Waals surface area contributed by atoms with Gasteiger partial charge in [0.2, 0.25) is 5.91 Å². The fourth-order valence-electron chi connectivity index (χ4n) is 2.57. The largest absolute Gasteiger partial charge is 0.458 e. The normalized spacial score (nSPS) is 18.1. The van der Waals surface area contributed by atoms with Crippen molar-refractivity contribution >= 4 is 11.9 Å². The van der Waals surface area contributed by atoms with Crippen molar-refractivity contribution in [1.29, 1.82) is 0 Å². The third kappa shape index (κ3) is 5.93. The topological polar surface area (TPSA) is 55.4 Å². The van der Waals surface area contributed by atoms with Crippen molar-refractivity contribution < 1.29 is 14.3 Å². The molecule has 0 aromatic carbocycles. The number of nitrogens with one attached hydrogen (secondary N) is 1. The van der Waals surface area contributed by atoms with E-state index in [0.29, 0.717) is 12.3 Å². The summed E-state index contributed by atoms with van der Waals surface area (Å²) >= 11 is 0. The second-order valence-electron chi connectivity index (χ2n) is 7.18. The Morgan fingerprint density at radius 2 is 1.75 bits per heavy atom. The quantitative estimate of drug-likeness (QED) is 0.789. The van der Waals surface area contributed by atoms with E-state index in [9.17, 15) is 9.59 Å². The van der Waals surface area contributed by atoms with Gasteiger partial charge in [0.15, 0.2) is 0 Å². The lowest BCUT2D eigenvalue weighted by Gasteiger charge is -2.26. The maximum absolute atomic E-state index is 12.1. The molecule has 4 heteroatoms. The summed E-state index contributed by atoms with van der Waals surface area (Å²) in [5.74, 6) is 0.146. The first-order valence-corrected chi connectivity index (χ1v) is 7.71. The van der Waals surface area contributed by atoms with E-state index in [0.717, 1.165) is 12.8 Å². The number of amides is 1. The molecule has 0 aromatic rings. The van der Waals surface area contributed by atoms with E-state index >= 15 is 0 Å². The average molecular weight is 283 g/mol. The van der Waals surface area contributed by atoms with Crippen LogP contribution in [0.4, 0.5) is 0 Å². The zero-order valence-corrected chi connectivity index (χ0v) is 13.5. The predicted molar refractivity (Wildman–Crippen MR) is 79.2 cm³/mol. The molecule has 4 nitrogen and oxygen atoms in total. The molecule has 0 radical (unpaired) electrons. The predicted octanol–water partition coefficient (Wildman–Crippen LogP) is 3.05. The van der Waals surface area contributed by atoms with Gasteiger partial charge in [-0.2, -0.15) is 0 Å². The van der Waals surface area contributed by atoms with Crippen LogP contribution in [0, 0.1) is 11.8 Å². The summed E-state index contributed by atoms with van der Waals surface area (Å²) in [5.41, 5.74) is -0.527. The summed E-state index contributed by atoms with van der Waals surface area (Å²) in [6.45, 7) is 9.35. The lowest BCUT2D eigenvalue weighted by Crippen LogP contribution is -2.47. The Labute approximate surface area is 122 Å². The van der Waals surface area contributed by atoms with Gasteiger partial charge in [-0.15, -0.1) is 0 Å². The highest BCUT2D eigenvalue weighted by Gasteiger charge is 2.30. The van der Waals surface area contributed by atoms with Crippen molar-refractivity contribution in [2.24, 2.45) is 11.8 Å². The number of ether oxygens (including phenoxy) is 1. The van der Waals surface area contributed by atoms with E-state index in [4.69, 9.17) is 4.74 Å². The second kappa shape index (κ2) is 7.09. The smallest absolute Gasteiger partial charge is 0.329 e. The van der Waals surface area contributed by atoms with Gasteiger partial charge < -0.3 is 10.1 Å². The first kappa shape index (κ1) is 17.0. The van der Waals surface area contributed by atoms with E-state index in [2.05, 4.69) is 5.32 Å². The Bertz CT molecular complexity index is 338. The summed E-state index contributed by atoms with van der Waals surface area (Å²) in [4.78, 5) is 24.2. The molecule has 1 rings (SSSR count). The van der Waals surface area contributed by atoms with Crippen LogP contribution in [-0.4, -0.2) is 23.5 Å². The maximum Gasteiger partial charge on any atom is 0.329 e. The van der Waals surface area contributed by atoms with Crippen LogP contribution in [0.15, 0.2) is 0 Å².